The number of carbonyl (C=O) groups excluding carboxylic acids is 2. The average Bonchev–Trinajstić information content (AvgIpc) is 3.30. The van der Waals surface area contributed by atoms with Gasteiger partial charge in [0.2, 0.25) is 5.90 Å². The van der Waals surface area contributed by atoms with Gasteiger partial charge in [-0.1, -0.05) is 0 Å². The molecule has 1 heterocycles. The number of aliphatic hydroxyl groups is 1. The Balaban J connectivity index is 1.69. The zero-order chi connectivity index (χ0) is 28.5. The van der Waals surface area contributed by atoms with Gasteiger partial charge in [0.15, 0.2) is 5.54 Å². The molecule has 2 aromatic rings. The van der Waals surface area contributed by atoms with Crippen LogP contribution < -0.4 is 15.6 Å². The smallest absolute Gasteiger partial charge is 0.306 e. The van der Waals surface area contributed by atoms with Crippen molar-refractivity contribution in [2.24, 2.45) is 4.99 Å². The molecule has 212 valence electrons. The molecule has 11 heteroatoms. The molecule has 0 aliphatic carbocycles. The molecule has 0 radical (unpaired) electrons. The molecule has 0 fully saturated rings. The summed E-state index contributed by atoms with van der Waals surface area (Å²) in [6.45, 7) is 5.79. The highest BCUT2D eigenvalue weighted by Gasteiger charge is 2.45. The Kier molecular flexibility index (Phi) is 10.4. The summed E-state index contributed by atoms with van der Waals surface area (Å²) in [5, 5.41) is 8.89. The molecule has 2 aromatic carbocycles. The number of benzene rings is 2. The van der Waals surface area contributed by atoms with Gasteiger partial charge in [0.05, 0.1) is 6.61 Å². The number of hydrogen-bond donors (Lipinski definition) is 3. The zero-order valence-corrected chi connectivity index (χ0v) is 22.4. The van der Waals surface area contributed by atoms with Crippen LogP contribution in [0.2, 0.25) is 0 Å². The summed E-state index contributed by atoms with van der Waals surface area (Å²) in [6.07, 6.45) is 0.749. The molecule has 0 unspecified atom stereocenters. The minimum absolute atomic E-state index is 0.0361. The van der Waals surface area contributed by atoms with E-state index < -0.39 is 34.7 Å². The molecule has 0 spiro atoms. The monoisotopic (exact) mass is 547 g/mol. The van der Waals surface area contributed by atoms with E-state index in [9.17, 15) is 18.4 Å². The van der Waals surface area contributed by atoms with E-state index in [0.29, 0.717) is 29.9 Å². The number of hydrazine groups is 1. The van der Waals surface area contributed by atoms with Crippen LogP contribution in [0.1, 0.15) is 51.2 Å². The second-order valence-electron chi connectivity index (χ2n) is 10.2. The van der Waals surface area contributed by atoms with E-state index in [1.165, 1.54) is 12.1 Å². The number of amides is 1. The summed E-state index contributed by atoms with van der Waals surface area (Å²) in [4.78, 5) is 30.3. The van der Waals surface area contributed by atoms with Gasteiger partial charge >= 0.3 is 5.97 Å². The van der Waals surface area contributed by atoms with Crippen LogP contribution in [0.3, 0.4) is 0 Å². The van der Waals surface area contributed by atoms with Gasteiger partial charge in [0.25, 0.3) is 5.91 Å². The quantitative estimate of drug-likeness (QED) is 0.200. The van der Waals surface area contributed by atoms with Crippen LogP contribution in [0.25, 0.3) is 0 Å². The maximum Gasteiger partial charge on any atom is 0.306 e. The number of ether oxygens (including phenoxy) is 3. The van der Waals surface area contributed by atoms with Gasteiger partial charge < -0.3 is 19.3 Å². The Hall–Kier alpha value is -3.57. The molecular formula is C28H35F2N3O6. The Morgan fingerprint density at radius 1 is 1.13 bits per heavy atom. The van der Waals surface area contributed by atoms with Gasteiger partial charge in [0.1, 0.15) is 29.6 Å². The van der Waals surface area contributed by atoms with Crippen molar-refractivity contribution in [2.75, 3.05) is 26.4 Å². The molecule has 39 heavy (non-hydrogen) atoms. The normalized spacial score (nSPS) is 16.8. The highest BCUT2D eigenvalue weighted by molar-refractivity contribution is 6.00. The molecule has 1 amide bonds. The van der Waals surface area contributed by atoms with Crippen LogP contribution in [0.15, 0.2) is 47.5 Å². The fraction of sp³-hybridized carbons (Fsp3) is 0.464. The van der Waals surface area contributed by atoms with Gasteiger partial charge in [-0.05, 0) is 75.6 Å². The van der Waals surface area contributed by atoms with Gasteiger partial charge in [-0.15, -0.1) is 0 Å². The zero-order valence-electron chi connectivity index (χ0n) is 22.4. The number of carbonyl (C=O) groups is 2. The molecule has 1 aliphatic heterocycles. The first-order chi connectivity index (χ1) is 18.5. The van der Waals surface area contributed by atoms with Crippen LogP contribution in [0, 0.1) is 11.6 Å². The number of halogens is 2. The predicted molar refractivity (Wildman–Crippen MR) is 140 cm³/mol. The second kappa shape index (κ2) is 13.5. The molecule has 0 saturated heterocycles. The third-order valence-electron chi connectivity index (χ3n) is 5.68. The predicted octanol–water partition coefficient (Wildman–Crippen LogP) is 3.23. The van der Waals surface area contributed by atoms with E-state index in [1.54, 1.807) is 45.0 Å². The Bertz CT molecular complexity index is 1150. The number of nitrogens with zero attached hydrogens (tertiary/aromatic N) is 1. The van der Waals surface area contributed by atoms with Crippen molar-refractivity contribution in [3.63, 3.8) is 0 Å². The minimum atomic E-state index is -1.40. The van der Waals surface area contributed by atoms with E-state index in [0.717, 1.165) is 6.07 Å². The SMILES string of the molecule is CC(C)(C)OC(=O)CC[C@@]1(C(=O)NNCCc2cc(F)cc(F)c2)COC(c2ccc(OCCCO)cc2)=N1. The first kappa shape index (κ1) is 30.0. The third-order valence-corrected chi connectivity index (χ3v) is 5.68. The first-order valence-corrected chi connectivity index (χ1v) is 12.8. The van der Waals surface area contributed by atoms with E-state index in [2.05, 4.69) is 15.8 Å². The highest BCUT2D eigenvalue weighted by Crippen LogP contribution is 2.28. The number of esters is 1. The molecule has 1 atom stereocenters. The van der Waals surface area contributed by atoms with E-state index in [1.807, 2.05) is 0 Å². The summed E-state index contributed by atoms with van der Waals surface area (Å²) >= 11 is 0. The highest BCUT2D eigenvalue weighted by atomic mass is 19.1. The fourth-order valence-electron chi connectivity index (χ4n) is 3.82. The second-order valence-corrected chi connectivity index (χ2v) is 10.2. The summed E-state index contributed by atoms with van der Waals surface area (Å²) in [5.41, 5.74) is 4.34. The third kappa shape index (κ3) is 9.29. The van der Waals surface area contributed by atoms with E-state index in [-0.39, 0.29) is 44.9 Å². The maximum absolute atomic E-state index is 13.4. The number of aliphatic imine (C=N–C) groups is 1. The minimum Gasteiger partial charge on any atom is -0.494 e. The molecule has 3 rings (SSSR count). The van der Waals surface area contributed by atoms with Crippen LogP contribution in [0.4, 0.5) is 8.78 Å². The number of hydrogen-bond acceptors (Lipinski definition) is 8. The van der Waals surface area contributed by atoms with Crippen LogP contribution in [-0.4, -0.2) is 60.4 Å². The van der Waals surface area contributed by atoms with E-state index in [4.69, 9.17) is 19.3 Å². The molecule has 0 aromatic heterocycles. The number of rotatable bonds is 13. The van der Waals surface area contributed by atoms with Crippen LogP contribution in [-0.2, 0) is 25.5 Å². The largest absolute Gasteiger partial charge is 0.494 e. The fourth-order valence-corrected chi connectivity index (χ4v) is 3.82. The Morgan fingerprint density at radius 3 is 2.46 bits per heavy atom. The number of nitrogens with one attached hydrogen (secondary N) is 2. The van der Waals surface area contributed by atoms with Crippen molar-refractivity contribution in [3.05, 3.63) is 65.2 Å². The molecule has 3 N–H and O–H groups in total. The summed E-state index contributed by atoms with van der Waals surface area (Å²) < 4.78 is 43.6. The van der Waals surface area contributed by atoms with Gasteiger partial charge in [-0.25, -0.2) is 19.2 Å². The molecule has 9 nitrogen and oxygen atoms in total. The summed E-state index contributed by atoms with van der Waals surface area (Å²) in [7, 11) is 0. The summed E-state index contributed by atoms with van der Waals surface area (Å²) in [6, 6.07) is 10.2. The topological polar surface area (TPSA) is 118 Å². The maximum atomic E-state index is 13.4. The average molecular weight is 548 g/mol. The van der Waals surface area contributed by atoms with Crippen molar-refractivity contribution in [1.29, 1.82) is 0 Å². The first-order valence-electron chi connectivity index (χ1n) is 12.8. The lowest BCUT2D eigenvalue weighted by Crippen LogP contribution is -2.52. The van der Waals surface area contributed by atoms with Gasteiger partial charge in [-0.2, -0.15) is 0 Å². The Labute approximate surface area is 226 Å². The molecule has 0 bridgehead atoms. The van der Waals surface area contributed by atoms with Crippen molar-refractivity contribution < 1.29 is 37.7 Å². The summed E-state index contributed by atoms with van der Waals surface area (Å²) in [5.74, 6) is -1.48. The molecular weight excluding hydrogens is 512 g/mol. The van der Waals surface area contributed by atoms with Crippen LogP contribution >= 0.6 is 0 Å². The molecule has 1 aliphatic rings. The van der Waals surface area contributed by atoms with E-state index >= 15 is 0 Å². The van der Waals surface area contributed by atoms with Crippen molar-refractivity contribution in [3.8, 4) is 5.75 Å². The van der Waals surface area contributed by atoms with Crippen molar-refractivity contribution >= 4 is 17.8 Å². The lowest BCUT2D eigenvalue weighted by molar-refractivity contribution is -0.155. The standard InChI is InChI=1S/C28H35F2N3O6/c1-27(2,3)39-24(35)9-11-28(26(36)33-31-12-10-19-15-21(29)17-22(30)16-19)18-38-25(32-28)20-5-7-23(8-6-20)37-14-4-13-34/h5-8,15-17,31,34H,4,9-14,18H2,1-3H3,(H,33,36)/t28-/m0/s1. The van der Waals surface area contributed by atoms with Gasteiger partial charge in [-0.3, -0.25) is 15.0 Å². The number of aliphatic hydroxyl groups excluding tert-OH is 1. The lowest BCUT2D eigenvalue weighted by atomic mass is 9.94. The van der Waals surface area contributed by atoms with Crippen molar-refractivity contribution in [1.82, 2.24) is 10.9 Å². The Morgan fingerprint density at radius 2 is 1.82 bits per heavy atom. The van der Waals surface area contributed by atoms with Gasteiger partial charge in [0, 0.05) is 37.6 Å². The van der Waals surface area contributed by atoms with Crippen molar-refractivity contribution in [2.45, 2.75) is 57.6 Å². The molecule has 0 saturated carbocycles. The van der Waals surface area contributed by atoms with Crippen LogP contribution in [0.5, 0.6) is 5.75 Å². The lowest BCUT2D eigenvalue weighted by Gasteiger charge is -2.24.